The standard InChI is InChI=1S/C32H40N2O8Si/c1-31(2,3)42-30(37)33-26(28(35)22-40-29(36)25-19-13-14-20-27(25)34(38)39)21-41-43(32(4,5)6,23-15-9-7-10-16-23)24-17-11-8-12-18-24/h7-20,26,28,35H,21-22H2,1-6H3,(H,33,37)/t26-,28-/m1/s1. The normalized spacial score (nSPS) is 13.5. The van der Waals surface area contributed by atoms with E-state index in [-0.39, 0.29) is 17.2 Å². The van der Waals surface area contributed by atoms with Gasteiger partial charge in [-0.15, -0.1) is 0 Å². The average molecular weight is 609 g/mol. The van der Waals surface area contributed by atoms with Crippen LogP contribution in [0.4, 0.5) is 10.5 Å². The lowest BCUT2D eigenvalue weighted by molar-refractivity contribution is -0.385. The Hall–Kier alpha value is -4.06. The molecule has 0 aliphatic rings. The fourth-order valence-electron chi connectivity index (χ4n) is 4.84. The van der Waals surface area contributed by atoms with Crippen molar-refractivity contribution < 1.29 is 33.5 Å². The Labute approximate surface area is 253 Å². The Morgan fingerprint density at radius 3 is 1.86 bits per heavy atom. The summed E-state index contributed by atoms with van der Waals surface area (Å²) in [4.78, 5) is 36.3. The summed E-state index contributed by atoms with van der Waals surface area (Å²) in [5, 5.41) is 26.9. The van der Waals surface area contributed by atoms with Crippen molar-refractivity contribution in [3.8, 4) is 0 Å². The van der Waals surface area contributed by atoms with Crippen LogP contribution in [0, 0.1) is 10.1 Å². The molecule has 3 rings (SSSR count). The minimum atomic E-state index is -3.06. The molecule has 0 fully saturated rings. The van der Waals surface area contributed by atoms with E-state index in [0.29, 0.717) is 0 Å². The summed E-state index contributed by atoms with van der Waals surface area (Å²) in [7, 11) is -3.06. The highest BCUT2D eigenvalue weighted by Gasteiger charge is 2.50. The molecule has 0 saturated heterocycles. The molecule has 11 heteroatoms. The third-order valence-corrected chi connectivity index (χ3v) is 11.8. The maximum absolute atomic E-state index is 12.8. The van der Waals surface area contributed by atoms with Crippen LogP contribution in [0.25, 0.3) is 0 Å². The van der Waals surface area contributed by atoms with Gasteiger partial charge >= 0.3 is 12.1 Å². The first-order chi connectivity index (χ1) is 20.2. The number of nitro groups is 1. The van der Waals surface area contributed by atoms with Crippen LogP contribution in [0.3, 0.4) is 0 Å². The van der Waals surface area contributed by atoms with Gasteiger partial charge in [0.05, 0.1) is 17.6 Å². The molecule has 0 aromatic heterocycles. The molecule has 0 aliphatic carbocycles. The fraction of sp³-hybridized carbons (Fsp3) is 0.375. The largest absolute Gasteiger partial charge is 0.459 e. The van der Waals surface area contributed by atoms with Gasteiger partial charge in [-0.25, -0.2) is 9.59 Å². The Bertz CT molecular complexity index is 1350. The van der Waals surface area contributed by atoms with Crippen molar-refractivity contribution in [1.29, 1.82) is 0 Å². The molecule has 3 aromatic rings. The highest BCUT2D eigenvalue weighted by Crippen LogP contribution is 2.37. The number of carbonyl (C=O) groups excluding carboxylic acids is 2. The molecule has 10 nitrogen and oxygen atoms in total. The minimum absolute atomic E-state index is 0.142. The van der Waals surface area contributed by atoms with Crippen LogP contribution in [-0.2, 0) is 13.9 Å². The number of ether oxygens (including phenoxy) is 2. The smallest absolute Gasteiger partial charge is 0.408 e. The van der Waals surface area contributed by atoms with Crippen LogP contribution in [-0.4, -0.2) is 61.4 Å². The van der Waals surface area contributed by atoms with Gasteiger partial charge in [0.15, 0.2) is 0 Å². The maximum atomic E-state index is 12.8. The van der Waals surface area contributed by atoms with Crippen molar-refractivity contribution >= 4 is 36.4 Å². The van der Waals surface area contributed by atoms with Crippen LogP contribution in [0.2, 0.25) is 5.04 Å². The van der Waals surface area contributed by atoms with Crippen LogP contribution in [0.5, 0.6) is 0 Å². The first-order valence-electron chi connectivity index (χ1n) is 14.0. The van der Waals surface area contributed by atoms with Crippen LogP contribution >= 0.6 is 0 Å². The number of carbonyl (C=O) groups is 2. The van der Waals surface area contributed by atoms with Gasteiger partial charge in [0.2, 0.25) is 0 Å². The van der Waals surface area contributed by atoms with Crippen molar-refractivity contribution in [2.75, 3.05) is 13.2 Å². The van der Waals surface area contributed by atoms with Crippen molar-refractivity contribution in [3.63, 3.8) is 0 Å². The molecule has 1 amide bonds. The summed E-state index contributed by atoms with van der Waals surface area (Å²) in [6.07, 6.45) is -2.22. The number of aliphatic hydroxyl groups excluding tert-OH is 1. The SMILES string of the molecule is CC(C)(C)OC(=O)N[C@H](CO[Si](c1ccccc1)(c1ccccc1)C(C)(C)C)[C@H](O)COC(=O)c1ccccc1[N+](=O)[O-]. The molecule has 0 aliphatic heterocycles. The molecule has 0 saturated carbocycles. The van der Waals surface area contributed by atoms with E-state index in [0.717, 1.165) is 10.4 Å². The second-order valence-corrected chi connectivity index (χ2v) is 16.5. The van der Waals surface area contributed by atoms with E-state index in [9.17, 15) is 24.8 Å². The van der Waals surface area contributed by atoms with Crippen LogP contribution < -0.4 is 15.7 Å². The second-order valence-electron chi connectivity index (χ2n) is 12.2. The van der Waals surface area contributed by atoms with Crippen LogP contribution in [0.1, 0.15) is 51.9 Å². The lowest BCUT2D eigenvalue weighted by Gasteiger charge is -2.44. The first kappa shape index (κ1) is 33.4. The van der Waals surface area contributed by atoms with E-state index < -0.39 is 55.3 Å². The molecule has 0 heterocycles. The number of aliphatic hydroxyl groups is 1. The molecule has 43 heavy (non-hydrogen) atoms. The number of amides is 1. The van der Waals surface area contributed by atoms with Crippen molar-refractivity contribution in [1.82, 2.24) is 5.32 Å². The van der Waals surface area contributed by atoms with Gasteiger partial charge in [-0.1, -0.05) is 93.6 Å². The third kappa shape index (κ3) is 8.50. The topological polar surface area (TPSA) is 137 Å². The Kier molecular flexibility index (Phi) is 10.8. The molecule has 0 unspecified atom stereocenters. The molecule has 2 atom stereocenters. The maximum Gasteiger partial charge on any atom is 0.408 e. The van der Waals surface area contributed by atoms with Gasteiger partial charge in [-0.3, -0.25) is 10.1 Å². The van der Waals surface area contributed by atoms with Crippen molar-refractivity contribution in [2.45, 2.75) is 64.3 Å². The van der Waals surface area contributed by atoms with Crippen molar-refractivity contribution in [3.05, 3.63) is 101 Å². The first-order valence-corrected chi connectivity index (χ1v) is 15.9. The van der Waals surface area contributed by atoms with E-state index in [1.54, 1.807) is 20.8 Å². The number of nitrogens with one attached hydrogen (secondary N) is 1. The Morgan fingerprint density at radius 1 is 0.860 bits per heavy atom. The number of alkyl carbamates (subject to hydrolysis) is 1. The van der Waals surface area contributed by atoms with Crippen molar-refractivity contribution in [2.24, 2.45) is 0 Å². The molecule has 0 bridgehead atoms. The van der Waals surface area contributed by atoms with E-state index in [2.05, 4.69) is 26.1 Å². The summed E-state index contributed by atoms with van der Waals surface area (Å²) in [6.45, 7) is 10.7. The zero-order chi connectivity index (χ0) is 31.8. The summed E-state index contributed by atoms with van der Waals surface area (Å²) in [6, 6.07) is 24.0. The number of esters is 1. The second kappa shape index (κ2) is 13.9. The van der Waals surface area contributed by atoms with E-state index in [1.165, 1.54) is 24.3 Å². The molecular weight excluding hydrogens is 568 g/mol. The predicted molar refractivity (Wildman–Crippen MR) is 166 cm³/mol. The number of hydrogen-bond acceptors (Lipinski definition) is 8. The lowest BCUT2D eigenvalue weighted by atomic mass is 10.1. The predicted octanol–water partition coefficient (Wildman–Crippen LogP) is 4.58. The number of benzene rings is 3. The molecular formula is C32H40N2O8Si. The van der Waals surface area contributed by atoms with Gasteiger partial charge in [0, 0.05) is 6.07 Å². The highest BCUT2D eigenvalue weighted by atomic mass is 28.4. The van der Waals surface area contributed by atoms with Gasteiger partial charge in [0.25, 0.3) is 14.0 Å². The summed E-state index contributed by atoms with van der Waals surface area (Å²) in [5.41, 5.74) is -1.47. The number of rotatable bonds is 11. The molecule has 230 valence electrons. The lowest BCUT2D eigenvalue weighted by Crippen LogP contribution is -2.68. The average Bonchev–Trinajstić information content (AvgIpc) is 2.94. The molecule has 3 aromatic carbocycles. The van der Waals surface area contributed by atoms with Crippen LogP contribution in [0.15, 0.2) is 84.9 Å². The zero-order valence-corrected chi connectivity index (χ0v) is 26.4. The zero-order valence-electron chi connectivity index (χ0n) is 25.4. The Morgan fingerprint density at radius 2 is 1.37 bits per heavy atom. The highest BCUT2D eigenvalue weighted by molar-refractivity contribution is 6.99. The van der Waals surface area contributed by atoms with E-state index in [4.69, 9.17) is 13.9 Å². The number of nitrogens with zero attached hydrogens (tertiary/aromatic N) is 1. The fourth-order valence-corrected chi connectivity index (χ4v) is 9.43. The van der Waals surface area contributed by atoms with Gasteiger partial charge in [-0.2, -0.15) is 0 Å². The van der Waals surface area contributed by atoms with Gasteiger partial charge in [0.1, 0.15) is 23.9 Å². The summed E-state index contributed by atoms with van der Waals surface area (Å²) < 4.78 is 17.6. The number of hydrogen-bond donors (Lipinski definition) is 2. The van der Waals surface area contributed by atoms with Gasteiger partial charge in [-0.05, 0) is 42.2 Å². The summed E-state index contributed by atoms with van der Waals surface area (Å²) >= 11 is 0. The van der Waals surface area contributed by atoms with E-state index >= 15 is 0 Å². The third-order valence-electron chi connectivity index (χ3n) is 6.77. The minimum Gasteiger partial charge on any atom is -0.459 e. The molecule has 2 N–H and O–H groups in total. The summed E-state index contributed by atoms with van der Waals surface area (Å²) in [5.74, 6) is -0.977. The molecule has 0 radical (unpaired) electrons. The monoisotopic (exact) mass is 608 g/mol. The Balaban J connectivity index is 1.94. The molecule has 0 spiro atoms. The van der Waals surface area contributed by atoms with E-state index in [1.807, 2.05) is 60.7 Å². The number of nitro benzene ring substituents is 1. The van der Waals surface area contributed by atoms with Gasteiger partial charge < -0.3 is 24.3 Å². The quantitative estimate of drug-likeness (QED) is 0.140. The number of para-hydroxylation sites is 1.